The van der Waals surface area contributed by atoms with Crippen LogP contribution in [0.4, 0.5) is 13.2 Å². The molecule has 3 heterocycles. The maximum absolute atomic E-state index is 13.0. The van der Waals surface area contributed by atoms with Gasteiger partial charge >= 0.3 is 5.51 Å². The molecule has 0 spiro atoms. The normalized spacial score (nSPS) is 13.6. The van der Waals surface area contributed by atoms with Crippen LogP contribution in [-0.4, -0.2) is 54.4 Å². The minimum absolute atomic E-state index is 0.0778. The zero-order chi connectivity index (χ0) is 24.6. The Balaban J connectivity index is 1.21. The number of aromatic amines is 2. The first-order chi connectivity index (χ1) is 16.8. The fraction of sp³-hybridized carbons (Fsp3) is 0.227. The second kappa shape index (κ2) is 9.06. The number of rotatable bonds is 5. The molecule has 1 aliphatic heterocycles. The quantitative estimate of drug-likeness (QED) is 0.361. The Bertz CT molecular complexity index is 1400. The van der Waals surface area contributed by atoms with Crippen LogP contribution in [0, 0.1) is 0 Å². The Morgan fingerprint density at radius 2 is 1.83 bits per heavy atom. The maximum atomic E-state index is 13.0. The van der Waals surface area contributed by atoms with Crippen LogP contribution in [0.2, 0.25) is 0 Å². The van der Waals surface area contributed by atoms with Crippen LogP contribution in [0.5, 0.6) is 0 Å². The SMILES string of the molecule is O=C(NCc1ccc(SC(F)(F)F)cc1)c1n[nH]c2c1CCN(C(=O)c1ccc3n[nH]nc3c1)C2. The topological polar surface area (TPSA) is 120 Å². The molecular formula is C22H18F3N7O2S. The highest BCUT2D eigenvalue weighted by molar-refractivity contribution is 8.00. The number of nitrogens with one attached hydrogen (secondary N) is 3. The summed E-state index contributed by atoms with van der Waals surface area (Å²) < 4.78 is 37.4. The molecule has 5 rings (SSSR count). The summed E-state index contributed by atoms with van der Waals surface area (Å²) in [5.41, 5.74) is -0.242. The van der Waals surface area contributed by atoms with Gasteiger partial charge in [-0.3, -0.25) is 14.7 Å². The number of thioether (sulfide) groups is 1. The van der Waals surface area contributed by atoms with E-state index in [-0.39, 0.29) is 41.3 Å². The molecule has 35 heavy (non-hydrogen) atoms. The van der Waals surface area contributed by atoms with E-state index in [1.807, 2.05) is 0 Å². The summed E-state index contributed by atoms with van der Waals surface area (Å²) in [6.45, 7) is 0.844. The van der Waals surface area contributed by atoms with Crippen molar-refractivity contribution in [2.75, 3.05) is 6.54 Å². The first-order valence-corrected chi connectivity index (χ1v) is 11.4. The number of carbonyl (C=O) groups excluding carboxylic acids is 2. The van der Waals surface area contributed by atoms with E-state index in [2.05, 4.69) is 30.9 Å². The highest BCUT2D eigenvalue weighted by Gasteiger charge is 2.29. The predicted octanol–water partition coefficient (Wildman–Crippen LogP) is 3.42. The fourth-order valence-electron chi connectivity index (χ4n) is 3.91. The molecule has 2 aromatic heterocycles. The number of H-pyrrole nitrogens is 2. The predicted molar refractivity (Wildman–Crippen MR) is 120 cm³/mol. The summed E-state index contributed by atoms with van der Waals surface area (Å²) in [5.74, 6) is -0.555. The number of hydrogen-bond donors (Lipinski definition) is 3. The van der Waals surface area contributed by atoms with Crippen LogP contribution in [0.25, 0.3) is 11.0 Å². The molecule has 2 amide bonds. The number of hydrogen-bond acceptors (Lipinski definition) is 6. The standard InChI is InChI=1S/C22H18F3N7O2S/c23-22(24,25)35-14-4-1-12(2-5-14)10-26-20(33)19-15-7-8-32(11-18(15)27-30-19)21(34)13-3-6-16-17(9-13)29-31-28-16/h1-6,9H,7-8,10-11H2,(H,26,33)(H,27,30)(H,28,29,31). The first-order valence-electron chi connectivity index (χ1n) is 10.6. The average molecular weight is 501 g/mol. The maximum Gasteiger partial charge on any atom is 0.446 e. The molecule has 0 bridgehead atoms. The Morgan fingerprint density at radius 3 is 2.60 bits per heavy atom. The lowest BCUT2D eigenvalue weighted by atomic mass is 10.0. The molecule has 0 saturated carbocycles. The molecule has 0 saturated heterocycles. The van der Waals surface area contributed by atoms with Crippen molar-refractivity contribution in [1.82, 2.24) is 35.8 Å². The van der Waals surface area contributed by atoms with Gasteiger partial charge in [-0.15, -0.1) is 0 Å². The molecule has 9 nitrogen and oxygen atoms in total. The van der Waals surface area contributed by atoms with Gasteiger partial charge in [0, 0.05) is 29.1 Å². The van der Waals surface area contributed by atoms with Gasteiger partial charge in [-0.25, -0.2) is 0 Å². The summed E-state index contributed by atoms with van der Waals surface area (Å²) >= 11 is -0.188. The van der Waals surface area contributed by atoms with Crippen LogP contribution in [0.15, 0.2) is 47.4 Å². The molecule has 1 aliphatic rings. The van der Waals surface area contributed by atoms with Crippen LogP contribution in [0.3, 0.4) is 0 Å². The van der Waals surface area contributed by atoms with Gasteiger partial charge in [-0.05, 0) is 54.1 Å². The number of benzene rings is 2. The summed E-state index contributed by atoms with van der Waals surface area (Å²) in [6.07, 6.45) is 0.454. The van der Waals surface area contributed by atoms with E-state index in [0.717, 1.165) is 5.56 Å². The van der Waals surface area contributed by atoms with Crippen LogP contribution >= 0.6 is 11.8 Å². The molecule has 13 heteroatoms. The van der Waals surface area contributed by atoms with Crippen molar-refractivity contribution in [3.63, 3.8) is 0 Å². The van der Waals surface area contributed by atoms with Crippen LogP contribution < -0.4 is 5.32 Å². The van der Waals surface area contributed by atoms with Crippen LogP contribution in [0.1, 0.15) is 37.7 Å². The zero-order valence-electron chi connectivity index (χ0n) is 18.0. The molecule has 0 fully saturated rings. The van der Waals surface area contributed by atoms with Crippen molar-refractivity contribution in [3.8, 4) is 0 Å². The summed E-state index contributed by atoms with van der Waals surface area (Å²) in [7, 11) is 0. The van der Waals surface area contributed by atoms with E-state index in [4.69, 9.17) is 0 Å². The van der Waals surface area contributed by atoms with Gasteiger partial charge in [-0.1, -0.05) is 12.1 Å². The van der Waals surface area contributed by atoms with E-state index >= 15 is 0 Å². The van der Waals surface area contributed by atoms with E-state index < -0.39 is 11.4 Å². The number of nitrogens with zero attached hydrogens (tertiary/aromatic N) is 4. The third-order valence-corrected chi connectivity index (χ3v) is 6.35. The lowest BCUT2D eigenvalue weighted by Gasteiger charge is -2.27. The third-order valence-electron chi connectivity index (χ3n) is 5.61. The van der Waals surface area contributed by atoms with Gasteiger partial charge < -0.3 is 10.2 Å². The molecule has 2 aromatic carbocycles. The number of amides is 2. The number of fused-ring (bicyclic) bond motifs is 2. The number of halogens is 3. The zero-order valence-corrected chi connectivity index (χ0v) is 18.8. The van der Waals surface area contributed by atoms with E-state index in [1.54, 1.807) is 23.1 Å². The Morgan fingerprint density at radius 1 is 1.06 bits per heavy atom. The molecular weight excluding hydrogens is 483 g/mol. The largest absolute Gasteiger partial charge is 0.446 e. The molecule has 0 radical (unpaired) electrons. The summed E-state index contributed by atoms with van der Waals surface area (Å²) in [5, 5.41) is 20.3. The minimum Gasteiger partial charge on any atom is -0.347 e. The van der Waals surface area contributed by atoms with Crippen molar-refractivity contribution >= 4 is 34.6 Å². The third kappa shape index (κ3) is 4.99. The van der Waals surface area contributed by atoms with Gasteiger partial charge in [0.05, 0.1) is 12.2 Å². The van der Waals surface area contributed by atoms with Gasteiger partial charge in [0.25, 0.3) is 11.8 Å². The molecule has 0 atom stereocenters. The van der Waals surface area contributed by atoms with Crippen molar-refractivity contribution in [2.24, 2.45) is 0 Å². The molecule has 3 N–H and O–H groups in total. The molecule has 0 unspecified atom stereocenters. The lowest BCUT2D eigenvalue weighted by molar-refractivity contribution is -0.0328. The van der Waals surface area contributed by atoms with Gasteiger partial charge in [0.2, 0.25) is 0 Å². The monoisotopic (exact) mass is 501 g/mol. The number of aromatic nitrogens is 5. The first kappa shape index (κ1) is 22.9. The Hall–Kier alpha value is -3.87. The molecule has 4 aromatic rings. The Kier molecular flexibility index (Phi) is 5.93. The van der Waals surface area contributed by atoms with Crippen molar-refractivity contribution < 1.29 is 22.8 Å². The van der Waals surface area contributed by atoms with E-state index in [9.17, 15) is 22.8 Å². The van der Waals surface area contributed by atoms with E-state index in [0.29, 0.717) is 40.8 Å². The van der Waals surface area contributed by atoms with Crippen LogP contribution in [-0.2, 0) is 19.5 Å². The summed E-state index contributed by atoms with van der Waals surface area (Å²) in [4.78, 5) is 27.4. The van der Waals surface area contributed by atoms with Gasteiger partial charge in [-0.2, -0.15) is 33.7 Å². The average Bonchev–Trinajstić information content (AvgIpc) is 3.48. The number of alkyl halides is 3. The summed E-state index contributed by atoms with van der Waals surface area (Å²) in [6, 6.07) is 10.9. The fourth-order valence-corrected chi connectivity index (χ4v) is 4.45. The van der Waals surface area contributed by atoms with E-state index in [1.165, 1.54) is 24.3 Å². The number of carbonyl (C=O) groups is 2. The highest BCUT2D eigenvalue weighted by atomic mass is 32.2. The second-order valence-corrected chi connectivity index (χ2v) is 9.05. The highest BCUT2D eigenvalue weighted by Crippen LogP contribution is 2.36. The second-order valence-electron chi connectivity index (χ2n) is 7.91. The van der Waals surface area contributed by atoms with Crippen molar-refractivity contribution in [1.29, 1.82) is 0 Å². The minimum atomic E-state index is -4.35. The Labute approximate surface area is 200 Å². The smallest absolute Gasteiger partial charge is 0.347 e. The lowest BCUT2D eigenvalue weighted by Crippen LogP contribution is -2.36. The van der Waals surface area contributed by atoms with Gasteiger partial charge in [0.15, 0.2) is 5.69 Å². The van der Waals surface area contributed by atoms with Crippen molar-refractivity contribution in [3.05, 3.63) is 70.5 Å². The van der Waals surface area contributed by atoms with Crippen molar-refractivity contribution in [2.45, 2.75) is 29.9 Å². The molecule has 0 aliphatic carbocycles. The van der Waals surface area contributed by atoms with Gasteiger partial charge in [0.1, 0.15) is 11.0 Å². The molecule has 180 valence electrons.